The van der Waals surface area contributed by atoms with Gasteiger partial charge in [-0.15, -0.1) is 0 Å². The van der Waals surface area contributed by atoms with Gasteiger partial charge in [0.15, 0.2) is 0 Å². The largest absolute Gasteiger partial charge is 0.480 e. The quantitative estimate of drug-likeness (QED) is 0.438. The lowest BCUT2D eigenvalue weighted by Gasteiger charge is -2.20. The van der Waals surface area contributed by atoms with Crippen molar-refractivity contribution in [3.8, 4) is 11.1 Å². The third kappa shape index (κ3) is 6.35. The SMILES string of the molecule is CCC[C@H](CC(=O)NC(CCOC)C(=O)O)NC(=O)OCC1c2ccccc2-c2ccccc21. The number of nitrogens with one attached hydrogen (secondary N) is 2. The van der Waals surface area contributed by atoms with Gasteiger partial charge in [-0.05, 0) is 28.7 Å². The molecule has 2 amide bonds. The molecule has 0 aliphatic heterocycles. The molecular formula is C26H32N2O6. The number of fused-ring (bicyclic) bond motifs is 3. The lowest BCUT2D eigenvalue weighted by Crippen LogP contribution is -2.45. The summed E-state index contributed by atoms with van der Waals surface area (Å²) in [7, 11) is 1.47. The van der Waals surface area contributed by atoms with Crippen molar-refractivity contribution in [3.05, 3.63) is 59.7 Å². The number of amides is 2. The molecule has 0 aromatic heterocycles. The molecule has 3 N–H and O–H groups in total. The Kier molecular flexibility index (Phi) is 9.04. The molecule has 2 aromatic carbocycles. The average Bonchev–Trinajstić information content (AvgIpc) is 3.14. The van der Waals surface area contributed by atoms with Gasteiger partial charge in [-0.3, -0.25) is 4.79 Å². The predicted octanol–water partition coefficient (Wildman–Crippen LogP) is 3.69. The zero-order chi connectivity index (χ0) is 24.5. The van der Waals surface area contributed by atoms with Gasteiger partial charge >= 0.3 is 12.1 Å². The molecule has 1 aliphatic carbocycles. The Balaban J connectivity index is 1.57. The number of carbonyl (C=O) groups is 3. The molecule has 0 bridgehead atoms. The second-order valence-corrected chi connectivity index (χ2v) is 8.40. The molecule has 3 rings (SSSR count). The van der Waals surface area contributed by atoms with Crippen molar-refractivity contribution in [2.24, 2.45) is 0 Å². The molecule has 0 heterocycles. The van der Waals surface area contributed by atoms with Gasteiger partial charge in [0.1, 0.15) is 12.6 Å². The minimum Gasteiger partial charge on any atom is -0.480 e. The molecule has 2 atom stereocenters. The highest BCUT2D eigenvalue weighted by atomic mass is 16.5. The Morgan fingerprint density at radius 1 is 0.971 bits per heavy atom. The van der Waals surface area contributed by atoms with E-state index in [0.717, 1.165) is 28.7 Å². The molecule has 1 unspecified atom stereocenters. The minimum absolute atomic E-state index is 0.0329. The topological polar surface area (TPSA) is 114 Å². The zero-order valence-electron chi connectivity index (χ0n) is 19.6. The number of carbonyl (C=O) groups excluding carboxylic acids is 2. The molecule has 2 aromatic rings. The molecule has 0 fully saturated rings. The van der Waals surface area contributed by atoms with Crippen LogP contribution in [0.25, 0.3) is 11.1 Å². The van der Waals surface area contributed by atoms with E-state index >= 15 is 0 Å². The highest BCUT2D eigenvalue weighted by Gasteiger charge is 2.29. The minimum atomic E-state index is -1.12. The van der Waals surface area contributed by atoms with E-state index in [2.05, 4.69) is 22.8 Å². The number of aliphatic carboxylic acids is 1. The highest BCUT2D eigenvalue weighted by Crippen LogP contribution is 2.44. The van der Waals surface area contributed by atoms with Crippen LogP contribution < -0.4 is 10.6 Å². The first-order valence-electron chi connectivity index (χ1n) is 11.6. The summed E-state index contributed by atoms with van der Waals surface area (Å²) in [6.07, 6.45) is 0.841. The number of hydrogen-bond donors (Lipinski definition) is 3. The second-order valence-electron chi connectivity index (χ2n) is 8.40. The number of ether oxygens (including phenoxy) is 2. The van der Waals surface area contributed by atoms with Gasteiger partial charge in [-0.2, -0.15) is 0 Å². The smallest absolute Gasteiger partial charge is 0.407 e. The molecule has 8 heteroatoms. The van der Waals surface area contributed by atoms with Gasteiger partial charge in [0.25, 0.3) is 0 Å². The van der Waals surface area contributed by atoms with Crippen molar-refractivity contribution in [1.82, 2.24) is 10.6 Å². The van der Waals surface area contributed by atoms with Gasteiger partial charge < -0.3 is 25.2 Å². The van der Waals surface area contributed by atoms with E-state index in [9.17, 15) is 19.5 Å². The van der Waals surface area contributed by atoms with Crippen LogP contribution in [0.1, 0.15) is 49.7 Å². The van der Waals surface area contributed by atoms with Gasteiger partial charge in [0, 0.05) is 38.5 Å². The zero-order valence-corrected chi connectivity index (χ0v) is 19.6. The number of carboxylic acids is 1. The van der Waals surface area contributed by atoms with Crippen LogP contribution in [0.5, 0.6) is 0 Å². The first-order valence-corrected chi connectivity index (χ1v) is 11.6. The van der Waals surface area contributed by atoms with Crippen molar-refractivity contribution >= 4 is 18.0 Å². The van der Waals surface area contributed by atoms with E-state index in [4.69, 9.17) is 9.47 Å². The van der Waals surface area contributed by atoms with Crippen molar-refractivity contribution in [1.29, 1.82) is 0 Å². The Bertz CT molecular complexity index is 963. The molecule has 0 saturated carbocycles. The first-order chi connectivity index (χ1) is 16.4. The third-order valence-corrected chi connectivity index (χ3v) is 5.98. The number of benzene rings is 2. The van der Waals surface area contributed by atoms with E-state index in [1.165, 1.54) is 7.11 Å². The Hall–Kier alpha value is -3.39. The van der Waals surface area contributed by atoms with Crippen LogP contribution in [0, 0.1) is 0 Å². The summed E-state index contributed by atoms with van der Waals surface area (Å²) in [6.45, 7) is 2.35. The van der Waals surface area contributed by atoms with Crippen LogP contribution in [0.15, 0.2) is 48.5 Å². The van der Waals surface area contributed by atoms with E-state index in [-0.39, 0.29) is 32.0 Å². The lowest BCUT2D eigenvalue weighted by molar-refractivity contribution is -0.142. The number of alkyl carbamates (subject to hydrolysis) is 1. The molecular weight excluding hydrogens is 436 g/mol. The summed E-state index contributed by atoms with van der Waals surface area (Å²) in [5.74, 6) is -1.62. The van der Waals surface area contributed by atoms with Crippen molar-refractivity contribution < 1.29 is 29.0 Å². The van der Waals surface area contributed by atoms with E-state index in [1.54, 1.807) is 0 Å². The number of methoxy groups -OCH3 is 1. The molecule has 0 saturated heterocycles. The van der Waals surface area contributed by atoms with E-state index in [0.29, 0.717) is 6.42 Å². The number of rotatable bonds is 12. The van der Waals surface area contributed by atoms with Crippen molar-refractivity contribution in [2.45, 2.75) is 50.6 Å². The predicted molar refractivity (Wildman–Crippen MR) is 128 cm³/mol. The second kappa shape index (κ2) is 12.2. The molecule has 1 aliphatic rings. The average molecular weight is 469 g/mol. The van der Waals surface area contributed by atoms with Gasteiger partial charge in [0.2, 0.25) is 5.91 Å². The number of carboxylic acid groups (broad SMARTS) is 1. The monoisotopic (exact) mass is 468 g/mol. The summed E-state index contributed by atoms with van der Waals surface area (Å²) < 4.78 is 10.5. The Labute approximate surface area is 199 Å². The summed E-state index contributed by atoms with van der Waals surface area (Å²) >= 11 is 0. The Morgan fingerprint density at radius 3 is 2.15 bits per heavy atom. The number of hydrogen-bond acceptors (Lipinski definition) is 5. The van der Waals surface area contributed by atoms with Crippen LogP contribution in [0.2, 0.25) is 0 Å². The summed E-state index contributed by atoms with van der Waals surface area (Å²) in [5.41, 5.74) is 4.54. The fraction of sp³-hybridized carbons (Fsp3) is 0.423. The van der Waals surface area contributed by atoms with E-state index < -0.39 is 30.1 Å². The fourth-order valence-corrected chi connectivity index (χ4v) is 4.35. The first kappa shape index (κ1) is 25.2. The van der Waals surface area contributed by atoms with Crippen molar-refractivity contribution in [2.75, 3.05) is 20.3 Å². The maximum Gasteiger partial charge on any atom is 0.407 e. The van der Waals surface area contributed by atoms with Crippen LogP contribution in [-0.2, 0) is 19.1 Å². The molecule has 34 heavy (non-hydrogen) atoms. The maximum atomic E-state index is 12.6. The highest BCUT2D eigenvalue weighted by molar-refractivity contribution is 5.84. The van der Waals surface area contributed by atoms with Crippen LogP contribution >= 0.6 is 0 Å². The maximum absolute atomic E-state index is 12.6. The van der Waals surface area contributed by atoms with Gasteiger partial charge in [-0.25, -0.2) is 9.59 Å². The fourth-order valence-electron chi connectivity index (χ4n) is 4.35. The standard InChI is InChI=1S/C26H32N2O6/c1-3-8-17(15-24(29)28-23(25(30)31)13-14-33-2)27-26(32)34-16-22-20-11-6-4-9-18(20)19-10-5-7-12-21(19)22/h4-7,9-12,17,22-23H,3,8,13-16H2,1-2H3,(H,27,32)(H,28,29)(H,30,31)/t17-,23?/m1/s1. The molecule has 0 spiro atoms. The summed E-state index contributed by atoms with van der Waals surface area (Å²) in [5, 5.41) is 14.6. The van der Waals surface area contributed by atoms with Crippen LogP contribution in [0.4, 0.5) is 4.79 Å². The van der Waals surface area contributed by atoms with Crippen LogP contribution in [0.3, 0.4) is 0 Å². The summed E-state index contributed by atoms with van der Waals surface area (Å²) in [4.78, 5) is 36.4. The normalized spacial score (nSPS) is 13.9. The Morgan fingerprint density at radius 2 is 1.59 bits per heavy atom. The lowest BCUT2D eigenvalue weighted by atomic mass is 9.98. The summed E-state index contributed by atoms with van der Waals surface area (Å²) in [6, 6.07) is 14.7. The molecule has 182 valence electrons. The third-order valence-electron chi connectivity index (χ3n) is 5.98. The van der Waals surface area contributed by atoms with Crippen molar-refractivity contribution in [3.63, 3.8) is 0 Å². The van der Waals surface area contributed by atoms with E-state index in [1.807, 2.05) is 43.3 Å². The molecule has 8 nitrogen and oxygen atoms in total. The van der Waals surface area contributed by atoms with Gasteiger partial charge in [-0.1, -0.05) is 61.9 Å². The van der Waals surface area contributed by atoms with Gasteiger partial charge in [0.05, 0.1) is 0 Å². The van der Waals surface area contributed by atoms with Crippen LogP contribution in [-0.4, -0.2) is 55.5 Å². The molecule has 0 radical (unpaired) electrons.